The lowest BCUT2D eigenvalue weighted by atomic mass is 10.0. The van der Waals surface area contributed by atoms with Crippen LogP contribution in [-0.4, -0.2) is 37.7 Å². The Labute approximate surface area is 128 Å². The number of fused-ring (bicyclic) bond motifs is 1. The molecule has 1 saturated heterocycles. The molecule has 1 fully saturated rings. The summed E-state index contributed by atoms with van der Waals surface area (Å²) < 4.78 is 11.1. The van der Waals surface area contributed by atoms with Gasteiger partial charge in [0.25, 0.3) is 0 Å². The molecule has 0 aliphatic carbocycles. The van der Waals surface area contributed by atoms with Crippen molar-refractivity contribution in [2.75, 3.05) is 19.8 Å². The number of nitrogens with one attached hydrogen (secondary N) is 3. The second kappa shape index (κ2) is 6.13. The lowest BCUT2D eigenvalue weighted by Gasteiger charge is -2.23. The minimum Gasteiger partial charge on any atom is -0.486 e. The SMILES string of the molecule is CC[C@H](NC(=O)[C@@H]1CNC(=O)N1)c1ccc2c(c1)OCCO2. The molecule has 3 rings (SSSR count). The van der Waals surface area contributed by atoms with Gasteiger partial charge in [-0.15, -0.1) is 0 Å². The first-order chi connectivity index (χ1) is 10.7. The van der Waals surface area contributed by atoms with Crippen LogP contribution in [0.25, 0.3) is 0 Å². The summed E-state index contributed by atoms with van der Waals surface area (Å²) in [5.74, 6) is 1.23. The van der Waals surface area contributed by atoms with Crippen LogP contribution in [0.4, 0.5) is 4.79 Å². The molecular weight excluding hydrogens is 286 g/mol. The molecule has 0 spiro atoms. The van der Waals surface area contributed by atoms with Crippen molar-refractivity contribution in [2.24, 2.45) is 0 Å². The molecule has 1 aromatic rings. The predicted octanol–water partition coefficient (Wildman–Crippen LogP) is 0.706. The van der Waals surface area contributed by atoms with Gasteiger partial charge >= 0.3 is 6.03 Å². The van der Waals surface area contributed by atoms with Gasteiger partial charge in [-0.05, 0) is 24.1 Å². The number of carbonyl (C=O) groups is 2. The zero-order valence-corrected chi connectivity index (χ0v) is 12.3. The van der Waals surface area contributed by atoms with Crippen molar-refractivity contribution in [1.82, 2.24) is 16.0 Å². The topological polar surface area (TPSA) is 88.7 Å². The number of ether oxygens (including phenoxy) is 2. The average Bonchev–Trinajstić information content (AvgIpc) is 2.98. The van der Waals surface area contributed by atoms with E-state index in [2.05, 4.69) is 16.0 Å². The Morgan fingerprint density at radius 3 is 2.82 bits per heavy atom. The van der Waals surface area contributed by atoms with E-state index in [0.29, 0.717) is 25.5 Å². The lowest BCUT2D eigenvalue weighted by molar-refractivity contribution is -0.123. The monoisotopic (exact) mass is 305 g/mol. The van der Waals surface area contributed by atoms with Crippen LogP contribution >= 0.6 is 0 Å². The van der Waals surface area contributed by atoms with Gasteiger partial charge in [0, 0.05) is 6.54 Å². The first-order valence-corrected chi connectivity index (χ1v) is 7.41. The maximum atomic E-state index is 12.2. The van der Waals surface area contributed by atoms with Crippen LogP contribution in [0.1, 0.15) is 24.9 Å². The van der Waals surface area contributed by atoms with Gasteiger partial charge in [0.05, 0.1) is 6.04 Å². The van der Waals surface area contributed by atoms with Gasteiger partial charge in [-0.25, -0.2) is 4.79 Å². The molecule has 22 heavy (non-hydrogen) atoms. The quantitative estimate of drug-likeness (QED) is 0.764. The second-order valence-electron chi connectivity index (χ2n) is 5.28. The average molecular weight is 305 g/mol. The Kier molecular flexibility index (Phi) is 4.04. The first kappa shape index (κ1) is 14.5. The second-order valence-corrected chi connectivity index (χ2v) is 5.28. The number of hydrogen-bond acceptors (Lipinski definition) is 4. The summed E-state index contributed by atoms with van der Waals surface area (Å²) in [6.07, 6.45) is 0.736. The summed E-state index contributed by atoms with van der Waals surface area (Å²) in [6, 6.07) is 4.70. The van der Waals surface area contributed by atoms with E-state index < -0.39 is 6.04 Å². The van der Waals surface area contributed by atoms with Crippen molar-refractivity contribution in [2.45, 2.75) is 25.4 Å². The van der Waals surface area contributed by atoms with E-state index in [-0.39, 0.29) is 18.0 Å². The number of hydrogen-bond donors (Lipinski definition) is 3. The van der Waals surface area contributed by atoms with Crippen molar-refractivity contribution in [3.63, 3.8) is 0 Å². The number of urea groups is 1. The van der Waals surface area contributed by atoms with E-state index in [1.165, 1.54) is 0 Å². The standard InChI is InChI=1S/C15H19N3O4/c1-2-10(17-14(19)11-8-16-15(20)18-11)9-3-4-12-13(7-9)22-6-5-21-12/h3-4,7,10-11H,2,5-6,8H2,1H3,(H,17,19)(H2,16,18,20)/t10-,11-/m0/s1. The molecule has 0 unspecified atom stereocenters. The highest BCUT2D eigenvalue weighted by molar-refractivity contribution is 5.90. The Hall–Kier alpha value is -2.44. The van der Waals surface area contributed by atoms with Crippen molar-refractivity contribution in [3.05, 3.63) is 23.8 Å². The minimum atomic E-state index is -0.529. The summed E-state index contributed by atoms with van der Waals surface area (Å²) in [7, 11) is 0. The van der Waals surface area contributed by atoms with Gasteiger partial charge in [0.2, 0.25) is 5.91 Å². The van der Waals surface area contributed by atoms with Crippen LogP contribution < -0.4 is 25.4 Å². The minimum absolute atomic E-state index is 0.138. The molecule has 3 N–H and O–H groups in total. The van der Waals surface area contributed by atoms with Crippen LogP contribution in [0.15, 0.2) is 18.2 Å². The van der Waals surface area contributed by atoms with Crippen molar-refractivity contribution in [3.8, 4) is 11.5 Å². The van der Waals surface area contributed by atoms with Gasteiger partial charge in [-0.2, -0.15) is 0 Å². The normalized spacial score (nSPS) is 20.8. The van der Waals surface area contributed by atoms with Crippen LogP contribution in [0.3, 0.4) is 0 Å². The van der Waals surface area contributed by atoms with Gasteiger partial charge < -0.3 is 25.4 Å². The molecule has 2 aliphatic heterocycles. The van der Waals surface area contributed by atoms with Crippen LogP contribution in [-0.2, 0) is 4.79 Å². The lowest BCUT2D eigenvalue weighted by Crippen LogP contribution is -2.44. The summed E-state index contributed by atoms with van der Waals surface area (Å²) in [5.41, 5.74) is 0.956. The predicted molar refractivity (Wildman–Crippen MR) is 78.9 cm³/mol. The fourth-order valence-corrected chi connectivity index (χ4v) is 2.58. The Bertz CT molecular complexity index is 590. The van der Waals surface area contributed by atoms with Crippen molar-refractivity contribution in [1.29, 1.82) is 0 Å². The molecule has 2 atom stereocenters. The van der Waals surface area contributed by atoms with E-state index in [1.54, 1.807) is 0 Å². The molecule has 7 heteroatoms. The van der Waals surface area contributed by atoms with Crippen LogP contribution in [0.2, 0.25) is 0 Å². The highest BCUT2D eigenvalue weighted by Gasteiger charge is 2.28. The third kappa shape index (κ3) is 2.93. The highest BCUT2D eigenvalue weighted by Crippen LogP contribution is 2.33. The summed E-state index contributed by atoms with van der Waals surface area (Å²) in [4.78, 5) is 23.3. The van der Waals surface area contributed by atoms with Crippen LogP contribution in [0, 0.1) is 0 Å². The number of benzene rings is 1. The molecule has 2 aliphatic rings. The van der Waals surface area contributed by atoms with E-state index in [0.717, 1.165) is 17.7 Å². The van der Waals surface area contributed by atoms with Gasteiger partial charge in [0.1, 0.15) is 19.3 Å². The number of carbonyl (C=O) groups excluding carboxylic acids is 2. The maximum Gasteiger partial charge on any atom is 0.315 e. The largest absolute Gasteiger partial charge is 0.486 e. The molecule has 2 heterocycles. The Morgan fingerprint density at radius 2 is 2.14 bits per heavy atom. The van der Waals surface area contributed by atoms with Gasteiger partial charge in [-0.1, -0.05) is 13.0 Å². The van der Waals surface area contributed by atoms with E-state index >= 15 is 0 Å². The van der Waals surface area contributed by atoms with E-state index in [1.807, 2.05) is 25.1 Å². The molecular formula is C15H19N3O4. The molecule has 0 radical (unpaired) electrons. The van der Waals surface area contributed by atoms with Crippen LogP contribution in [0.5, 0.6) is 11.5 Å². The fourth-order valence-electron chi connectivity index (χ4n) is 2.58. The van der Waals surface area contributed by atoms with E-state index in [4.69, 9.17) is 9.47 Å². The van der Waals surface area contributed by atoms with Gasteiger partial charge in [-0.3, -0.25) is 4.79 Å². The number of amides is 3. The molecule has 3 amide bonds. The summed E-state index contributed by atoms with van der Waals surface area (Å²) in [6.45, 7) is 3.38. The third-order valence-corrected chi connectivity index (χ3v) is 3.78. The number of rotatable bonds is 4. The molecule has 0 bridgehead atoms. The van der Waals surface area contributed by atoms with Gasteiger partial charge in [0.15, 0.2) is 11.5 Å². The first-order valence-electron chi connectivity index (χ1n) is 7.41. The summed E-state index contributed by atoms with van der Waals surface area (Å²) >= 11 is 0. The molecule has 0 aromatic heterocycles. The molecule has 1 aromatic carbocycles. The Morgan fingerprint density at radius 1 is 1.36 bits per heavy atom. The summed E-state index contributed by atoms with van der Waals surface area (Å²) in [5, 5.41) is 8.11. The zero-order valence-electron chi connectivity index (χ0n) is 12.3. The molecule has 7 nitrogen and oxygen atoms in total. The smallest absolute Gasteiger partial charge is 0.315 e. The molecule has 0 saturated carbocycles. The fraction of sp³-hybridized carbons (Fsp3) is 0.467. The van der Waals surface area contributed by atoms with Crippen molar-refractivity contribution >= 4 is 11.9 Å². The third-order valence-electron chi connectivity index (χ3n) is 3.78. The highest BCUT2D eigenvalue weighted by atomic mass is 16.6. The zero-order chi connectivity index (χ0) is 15.5. The Balaban J connectivity index is 1.71. The maximum absolute atomic E-state index is 12.2. The molecule has 118 valence electrons. The van der Waals surface area contributed by atoms with E-state index in [9.17, 15) is 9.59 Å². The van der Waals surface area contributed by atoms with Crippen molar-refractivity contribution < 1.29 is 19.1 Å².